The maximum absolute atomic E-state index is 14.3. The van der Waals surface area contributed by atoms with Gasteiger partial charge in [0.15, 0.2) is 21.2 Å². The Labute approximate surface area is 278 Å². The topological polar surface area (TPSA) is 202 Å². The first kappa shape index (κ1) is 34.2. The molecule has 15 nitrogen and oxygen atoms in total. The Kier molecular flexibility index (Phi) is 10.1. The van der Waals surface area contributed by atoms with Crippen LogP contribution >= 0.6 is 30.3 Å². The molecule has 5 N–H and O–H groups in total. The Morgan fingerprint density at radius 3 is 2.63 bits per heavy atom. The van der Waals surface area contributed by atoms with E-state index >= 15 is 0 Å². The molecule has 0 radical (unpaired) electrons. The van der Waals surface area contributed by atoms with Crippen LogP contribution in [0.2, 0.25) is 0 Å². The van der Waals surface area contributed by atoms with Gasteiger partial charge < -0.3 is 34.7 Å². The van der Waals surface area contributed by atoms with Crippen LogP contribution in [0.25, 0.3) is 21.9 Å². The second-order valence-corrected chi connectivity index (χ2v) is 13.8. The second-order valence-electron chi connectivity index (χ2n) is 11.1. The van der Waals surface area contributed by atoms with Crippen LogP contribution in [0.15, 0.2) is 42.5 Å². The highest BCUT2D eigenvalue weighted by Crippen LogP contribution is 2.49. The Morgan fingerprint density at radius 2 is 1.91 bits per heavy atom. The summed E-state index contributed by atoms with van der Waals surface area (Å²) in [5.74, 6) is -0.371. The Balaban J connectivity index is 1.44. The highest BCUT2D eigenvalue weighted by molar-refractivity contribution is 14.1. The molecule has 6 atom stereocenters. The first-order valence-electron chi connectivity index (χ1n) is 14.5. The maximum Gasteiger partial charge on any atom is 0.459 e. The van der Waals surface area contributed by atoms with Crippen LogP contribution in [0.1, 0.15) is 40.8 Å². The van der Waals surface area contributed by atoms with Crippen molar-refractivity contribution in [3.05, 3.63) is 46.3 Å². The number of nitrogens with zero attached hydrogens (tertiary/aromatic N) is 4. The van der Waals surface area contributed by atoms with E-state index in [-0.39, 0.29) is 28.7 Å². The van der Waals surface area contributed by atoms with Gasteiger partial charge in [0.2, 0.25) is 11.8 Å². The van der Waals surface area contributed by atoms with Gasteiger partial charge in [0.1, 0.15) is 29.6 Å². The van der Waals surface area contributed by atoms with Crippen LogP contribution in [0.4, 0.5) is 5.95 Å². The van der Waals surface area contributed by atoms with Crippen molar-refractivity contribution in [2.75, 3.05) is 18.9 Å². The number of ether oxygens (including phenoxy) is 3. The van der Waals surface area contributed by atoms with Gasteiger partial charge in [0.25, 0.3) is 0 Å². The van der Waals surface area contributed by atoms with E-state index in [1.807, 2.05) is 40.8 Å². The van der Waals surface area contributed by atoms with E-state index < -0.39 is 56.5 Å². The van der Waals surface area contributed by atoms with E-state index in [0.29, 0.717) is 15.8 Å². The standard InChI is InChI=1S/C29H36IN6O9P/c1-6-41-24-21-23(33-28(31)34-24)36(27(30)32-21)26-29(5,39)22(37)20(44-26)14-42-46(40,35-16(4)25(38)43-15(2)3)45-19-13-9-11-17-10-7-8-12-18(17)19/h7-13,15-16,20,22,26,37,39H,6,14H2,1-5H3,(H,35,40)(H2,31,33,34)/t16-,20+,22+,26?,29+,46?/m0/s1. The zero-order valence-electron chi connectivity index (χ0n) is 25.8. The zero-order valence-corrected chi connectivity index (χ0v) is 28.8. The Bertz CT molecular complexity index is 1780. The molecule has 2 unspecified atom stereocenters. The van der Waals surface area contributed by atoms with Crippen molar-refractivity contribution in [2.45, 2.75) is 70.8 Å². The molecule has 3 heterocycles. The highest BCUT2D eigenvalue weighted by atomic mass is 127. The number of nitrogens with two attached hydrogens (primary N) is 1. The molecule has 1 aliphatic rings. The van der Waals surface area contributed by atoms with E-state index in [1.54, 1.807) is 45.0 Å². The lowest BCUT2D eigenvalue weighted by Gasteiger charge is -2.28. The molecule has 2 aromatic carbocycles. The van der Waals surface area contributed by atoms with Crippen molar-refractivity contribution in [2.24, 2.45) is 0 Å². The van der Waals surface area contributed by atoms with Crippen LogP contribution < -0.4 is 20.1 Å². The van der Waals surface area contributed by atoms with Gasteiger partial charge in [0, 0.05) is 28.0 Å². The van der Waals surface area contributed by atoms with Crippen molar-refractivity contribution in [3.8, 4) is 11.6 Å². The molecule has 0 bridgehead atoms. The number of fused-ring (bicyclic) bond motifs is 2. The number of carbonyl (C=O) groups is 1. The summed E-state index contributed by atoms with van der Waals surface area (Å²) in [7, 11) is -4.37. The molecule has 1 fully saturated rings. The molecular formula is C29H36IN6O9P. The predicted molar refractivity (Wildman–Crippen MR) is 176 cm³/mol. The normalized spacial score (nSPS) is 23.5. The lowest BCUT2D eigenvalue weighted by Crippen LogP contribution is -2.45. The molecule has 17 heteroatoms. The molecule has 0 saturated carbocycles. The first-order chi connectivity index (χ1) is 21.7. The van der Waals surface area contributed by atoms with E-state index in [0.717, 1.165) is 5.39 Å². The van der Waals surface area contributed by atoms with Gasteiger partial charge in [-0.3, -0.25) is 13.9 Å². The lowest BCUT2D eigenvalue weighted by atomic mass is 9.96. The number of anilines is 1. The number of carbonyl (C=O) groups excluding carboxylic acids is 1. The number of hydrogen-bond donors (Lipinski definition) is 4. The Morgan fingerprint density at radius 1 is 1.20 bits per heavy atom. The van der Waals surface area contributed by atoms with Crippen LogP contribution in [0.3, 0.4) is 0 Å². The average Bonchev–Trinajstić information content (AvgIpc) is 3.42. The molecule has 0 amide bonds. The summed E-state index contributed by atoms with van der Waals surface area (Å²) < 4.78 is 44.9. The SMILES string of the molecule is CCOc1nc(N)nc2c1nc(I)n2C1O[C@H](COP(=O)(N[C@@H](C)C(=O)OC(C)C)Oc2cccc3ccccc23)[C@@H](O)[C@@]1(C)O. The number of aliphatic hydroxyl groups is 2. The van der Waals surface area contributed by atoms with Crippen LogP contribution in [0, 0.1) is 3.83 Å². The molecular weight excluding hydrogens is 734 g/mol. The van der Waals surface area contributed by atoms with Crippen molar-refractivity contribution in [1.82, 2.24) is 24.6 Å². The van der Waals surface area contributed by atoms with E-state index in [9.17, 15) is 19.6 Å². The summed E-state index contributed by atoms with van der Waals surface area (Å²) in [6, 6.07) is 11.4. The number of nitrogens with one attached hydrogen (secondary N) is 1. The summed E-state index contributed by atoms with van der Waals surface area (Å²) in [5, 5.41) is 26.9. The third kappa shape index (κ3) is 6.93. The van der Waals surface area contributed by atoms with Gasteiger partial charge in [-0.25, -0.2) is 9.55 Å². The van der Waals surface area contributed by atoms with Crippen molar-refractivity contribution in [1.29, 1.82) is 0 Å². The number of hydrogen-bond acceptors (Lipinski definition) is 13. The molecule has 2 aromatic heterocycles. The second kappa shape index (κ2) is 13.5. The van der Waals surface area contributed by atoms with Crippen LogP contribution in [-0.4, -0.2) is 78.9 Å². The molecule has 248 valence electrons. The number of benzene rings is 2. The molecule has 1 aliphatic heterocycles. The maximum atomic E-state index is 14.3. The fraction of sp³-hybridized carbons (Fsp3) is 0.448. The molecule has 4 aromatic rings. The van der Waals surface area contributed by atoms with Crippen molar-refractivity contribution >= 4 is 64.2 Å². The van der Waals surface area contributed by atoms with Gasteiger partial charge in [-0.15, -0.1) is 0 Å². The number of halogens is 1. The zero-order chi connectivity index (χ0) is 33.4. The van der Waals surface area contributed by atoms with Crippen LogP contribution in [0.5, 0.6) is 11.6 Å². The quantitative estimate of drug-likeness (QED) is 0.0703. The Hall–Kier alpha value is -3.12. The van der Waals surface area contributed by atoms with Crippen molar-refractivity contribution in [3.63, 3.8) is 0 Å². The third-order valence-electron chi connectivity index (χ3n) is 7.19. The van der Waals surface area contributed by atoms with E-state index in [4.69, 9.17) is 29.0 Å². The van der Waals surface area contributed by atoms with E-state index in [2.05, 4.69) is 20.0 Å². The van der Waals surface area contributed by atoms with Crippen molar-refractivity contribution < 1.29 is 42.8 Å². The first-order valence-corrected chi connectivity index (χ1v) is 17.2. The summed E-state index contributed by atoms with van der Waals surface area (Å²) in [4.78, 5) is 25.5. The minimum atomic E-state index is -4.37. The van der Waals surface area contributed by atoms with Crippen LogP contribution in [-0.2, 0) is 23.4 Å². The van der Waals surface area contributed by atoms with Gasteiger partial charge in [-0.2, -0.15) is 15.1 Å². The van der Waals surface area contributed by atoms with Gasteiger partial charge in [-0.05, 0) is 46.1 Å². The average molecular weight is 771 g/mol. The third-order valence-corrected chi connectivity index (χ3v) is 9.58. The molecule has 5 rings (SSSR count). The molecule has 1 saturated heterocycles. The predicted octanol–water partition coefficient (Wildman–Crippen LogP) is 3.71. The van der Waals surface area contributed by atoms with E-state index in [1.165, 1.54) is 18.4 Å². The molecule has 0 spiro atoms. The number of imidazole rings is 1. The number of nitrogen functional groups attached to an aromatic ring is 1. The summed E-state index contributed by atoms with van der Waals surface area (Å²) in [6.45, 7) is 7.79. The van der Waals surface area contributed by atoms with Gasteiger partial charge >= 0.3 is 13.7 Å². The summed E-state index contributed by atoms with van der Waals surface area (Å²) in [5.41, 5.74) is 4.52. The minimum Gasteiger partial charge on any atom is -0.476 e. The minimum absolute atomic E-state index is 0.0886. The molecule has 0 aliphatic carbocycles. The summed E-state index contributed by atoms with van der Waals surface area (Å²) in [6.07, 6.45) is -4.40. The smallest absolute Gasteiger partial charge is 0.459 e. The monoisotopic (exact) mass is 770 g/mol. The fourth-order valence-electron chi connectivity index (χ4n) is 5.03. The van der Waals surface area contributed by atoms with Gasteiger partial charge in [0.05, 0.1) is 19.3 Å². The fourth-order valence-corrected chi connectivity index (χ4v) is 7.27. The number of esters is 1. The lowest BCUT2D eigenvalue weighted by molar-refractivity contribution is -0.149. The number of aliphatic hydroxyl groups excluding tert-OH is 1. The number of rotatable bonds is 12. The van der Waals surface area contributed by atoms with Gasteiger partial charge in [-0.1, -0.05) is 36.4 Å². The number of aromatic nitrogens is 4. The highest BCUT2D eigenvalue weighted by Gasteiger charge is 2.55. The largest absolute Gasteiger partial charge is 0.476 e. The molecule has 46 heavy (non-hydrogen) atoms. The summed E-state index contributed by atoms with van der Waals surface area (Å²) >= 11 is 1.94.